The van der Waals surface area contributed by atoms with Gasteiger partial charge in [0.2, 0.25) is 0 Å². The van der Waals surface area contributed by atoms with E-state index < -0.39 is 5.60 Å². The number of carbonyl (C=O) groups excluding carboxylic acids is 3. The number of hydrogen-bond acceptors (Lipinski definition) is 4. The third kappa shape index (κ3) is 2.50. The lowest BCUT2D eigenvalue weighted by molar-refractivity contribution is -0.132. The highest BCUT2D eigenvalue weighted by Crippen LogP contribution is 2.07. The van der Waals surface area contributed by atoms with Gasteiger partial charge in [0.25, 0.3) is 0 Å². The first kappa shape index (κ1) is 8.97. The second-order valence-corrected chi connectivity index (χ2v) is 1.96. The Balaban J connectivity index is 4.05. The van der Waals surface area contributed by atoms with Crippen LogP contribution in [0.4, 0.5) is 0 Å². The lowest BCUT2D eigenvalue weighted by Crippen LogP contribution is -2.31. The zero-order chi connectivity index (χ0) is 8.04. The first-order valence-corrected chi connectivity index (χ1v) is 2.74. The van der Waals surface area contributed by atoms with Crippen LogP contribution >= 0.6 is 0 Å². The fraction of sp³-hybridized carbons (Fsp3) is 0.500. The third-order valence-corrected chi connectivity index (χ3v) is 1.09. The Bertz CT molecular complexity index is 131. The molecule has 1 N–H and O–H groups in total. The van der Waals surface area contributed by atoms with E-state index in [0.29, 0.717) is 12.6 Å². The maximum absolute atomic E-state index is 10.0. The molecule has 4 heteroatoms. The molecule has 0 atom stereocenters. The van der Waals surface area contributed by atoms with Gasteiger partial charge in [0, 0.05) is 12.8 Å². The first-order chi connectivity index (χ1) is 4.68. The van der Waals surface area contributed by atoms with Crippen molar-refractivity contribution < 1.29 is 19.5 Å². The zero-order valence-corrected chi connectivity index (χ0v) is 5.32. The Morgan fingerprint density at radius 2 is 1.50 bits per heavy atom. The van der Waals surface area contributed by atoms with Crippen molar-refractivity contribution >= 4 is 18.9 Å². The summed E-state index contributed by atoms with van der Waals surface area (Å²) in [6, 6.07) is 0. The molecule has 0 aliphatic rings. The fourth-order valence-corrected chi connectivity index (χ4v) is 0.468. The van der Waals surface area contributed by atoms with Crippen molar-refractivity contribution in [2.75, 3.05) is 0 Å². The first-order valence-electron chi connectivity index (χ1n) is 2.74. The van der Waals surface area contributed by atoms with Gasteiger partial charge in [-0.2, -0.15) is 0 Å². The number of rotatable bonds is 5. The van der Waals surface area contributed by atoms with Crippen molar-refractivity contribution in [3.63, 3.8) is 0 Å². The number of aldehydes is 3. The lowest BCUT2D eigenvalue weighted by Gasteiger charge is -2.13. The van der Waals surface area contributed by atoms with E-state index in [9.17, 15) is 14.4 Å². The summed E-state index contributed by atoms with van der Waals surface area (Å²) in [5, 5.41) is 8.99. The molecule has 0 saturated heterocycles. The van der Waals surface area contributed by atoms with Crippen LogP contribution in [-0.4, -0.2) is 29.6 Å². The fourth-order valence-electron chi connectivity index (χ4n) is 0.468. The Morgan fingerprint density at radius 3 is 1.70 bits per heavy atom. The average Bonchev–Trinajstić information content (AvgIpc) is 1.89. The van der Waals surface area contributed by atoms with Crippen LogP contribution in [0.5, 0.6) is 0 Å². The highest BCUT2D eigenvalue weighted by atomic mass is 16.3. The Labute approximate surface area is 57.8 Å². The van der Waals surface area contributed by atoms with Gasteiger partial charge >= 0.3 is 0 Å². The van der Waals surface area contributed by atoms with E-state index in [-0.39, 0.29) is 19.1 Å². The minimum atomic E-state index is -1.77. The van der Waals surface area contributed by atoms with E-state index in [1.165, 1.54) is 0 Å². The topological polar surface area (TPSA) is 71.4 Å². The molecule has 10 heavy (non-hydrogen) atoms. The van der Waals surface area contributed by atoms with E-state index in [0.717, 1.165) is 0 Å². The van der Waals surface area contributed by atoms with Gasteiger partial charge in [0.1, 0.15) is 18.2 Å². The predicted octanol–water partition coefficient (Wildman–Crippen LogP) is -0.906. The van der Waals surface area contributed by atoms with Gasteiger partial charge in [0.15, 0.2) is 6.29 Å². The molecule has 56 valence electrons. The second-order valence-electron chi connectivity index (χ2n) is 1.96. The number of carbonyl (C=O) groups is 3. The van der Waals surface area contributed by atoms with Crippen LogP contribution in [0.2, 0.25) is 0 Å². The van der Waals surface area contributed by atoms with Crippen molar-refractivity contribution in [3.05, 3.63) is 0 Å². The van der Waals surface area contributed by atoms with E-state index in [4.69, 9.17) is 5.11 Å². The highest BCUT2D eigenvalue weighted by Gasteiger charge is 2.24. The highest BCUT2D eigenvalue weighted by molar-refractivity contribution is 5.73. The molecular formula is C6H8O4. The van der Waals surface area contributed by atoms with Gasteiger partial charge in [-0.25, -0.2) is 0 Å². The largest absolute Gasteiger partial charge is 0.381 e. The zero-order valence-electron chi connectivity index (χ0n) is 5.32. The van der Waals surface area contributed by atoms with Gasteiger partial charge in [-0.3, -0.25) is 0 Å². The molecule has 0 aliphatic heterocycles. The van der Waals surface area contributed by atoms with E-state index in [1.54, 1.807) is 0 Å². The molecule has 0 bridgehead atoms. The standard InChI is InChI=1S/C6H8O4/c7-3-1-6(10,5-9)2-4-8/h3-5,10H,1-2H2. The molecule has 0 unspecified atom stereocenters. The molecule has 0 radical (unpaired) electrons. The summed E-state index contributed by atoms with van der Waals surface area (Å²) in [7, 11) is 0. The summed E-state index contributed by atoms with van der Waals surface area (Å²) >= 11 is 0. The van der Waals surface area contributed by atoms with Crippen molar-refractivity contribution in [1.29, 1.82) is 0 Å². The van der Waals surface area contributed by atoms with E-state index in [1.807, 2.05) is 0 Å². The minimum absolute atomic E-state index is 0.204. The second kappa shape index (κ2) is 3.90. The monoisotopic (exact) mass is 144 g/mol. The number of aliphatic hydroxyl groups is 1. The van der Waals surface area contributed by atoms with Crippen LogP contribution < -0.4 is 0 Å². The molecule has 0 aromatic carbocycles. The average molecular weight is 144 g/mol. The molecule has 0 fully saturated rings. The van der Waals surface area contributed by atoms with E-state index >= 15 is 0 Å². The van der Waals surface area contributed by atoms with Crippen LogP contribution in [0, 0.1) is 0 Å². The normalized spacial score (nSPS) is 10.5. The smallest absolute Gasteiger partial charge is 0.152 e. The van der Waals surface area contributed by atoms with Gasteiger partial charge in [0.05, 0.1) is 0 Å². The SMILES string of the molecule is O=CCC(O)(C=O)CC=O. The molecule has 0 rings (SSSR count). The van der Waals surface area contributed by atoms with Gasteiger partial charge in [-0.1, -0.05) is 0 Å². The third-order valence-electron chi connectivity index (χ3n) is 1.09. The summed E-state index contributed by atoms with van der Waals surface area (Å²) in [4.78, 5) is 29.7. The quantitative estimate of drug-likeness (QED) is 0.507. The molecule has 0 heterocycles. The Morgan fingerprint density at radius 1 is 1.10 bits per heavy atom. The molecule has 4 nitrogen and oxygen atoms in total. The predicted molar refractivity (Wildman–Crippen MR) is 32.4 cm³/mol. The minimum Gasteiger partial charge on any atom is -0.381 e. The van der Waals surface area contributed by atoms with Gasteiger partial charge in [-0.15, -0.1) is 0 Å². The maximum Gasteiger partial charge on any atom is 0.152 e. The molecule has 0 aromatic heterocycles. The van der Waals surface area contributed by atoms with Crippen LogP contribution in [0.3, 0.4) is 0 Å². The van der Waals surface area contributed by atoms with E-state index in [2.05, 4.69) is 0 Å². The summed E-state index contributed by atoms with van der Waals surface area (Å²) in [5.74, 6) is 0. The van der Waals surface area contributed by atoms with Gasteiger partial charge < -0.3 is 19.5 Å². The Kier molecular flexibility index (Phi) is 3.49. The molecule has 0 spiro atoms. The molecule has 0 saturated carbocycles. The summed E-state index contributed by atoms with van der Waals surface area (Å²) in [6.07, 6.45) is 0.357. The number of hydrogen-bond donors (Lipinski definition) is 1. The molecule has 0 aliphatic carbocycles. The van der Waals surface area contributed by atoms with Crippen LogP contribution in [0.25, 0.3) is 0 Å². The maximum atomic E-state index is 10.0. The van der Waals surface area contributed by atoms with Crippen molar-refractivity contribution in [2.45, 2.75) is 18.4 Å². The van der Waals surface area contributed by atoms with Crippen LogP contribution in [0.15, 0.2) is 0 Å². The molecular weight excluding hydrogens is 136 g/mol. The summed E-state index contributed by atoms with van der Waals surface area (Å²) in [6.45, 7) is 0. The molecule has 0 amide bonds. The van der Waals surface area contributed by atoms with Crippen LogP contribution in [0.1, 0.15) is 12.8 Å². The van der Waals surface area contributed by atoms with Crippen LogP contribution in [-0.2, 0) is 14.4 Å². The summed E-state index contributed by atoms with van der Waals surface area (Å²) in [5.41, 5.74) is -1.77. The van der Waals surface area contributed by atoms with Crippen molar-refractivity contribution in [2.24, 2.45) is 0 Å². The molecule has 0 aromatic rings. The van der Waals surface area contributed by atoms with Crippen molar-refractivity contribution in [3.8, 4) is 0 Å². The Hall–Kier alpha value is -1.03. The van der Waals surface area contributed by atoms with Gasteiger partial charge in [-0.05, 0) is 0 Å². The summed E-state index contributed by atoms with van der Waals surface area (Å²) < 4.78 is 0. The van der Waals surface area contributed by atoms with Crippen molar-refractivity contribution in [1.82, 2.24) is 0 Å². The lowest BCUT2D eigenvalue weighted by atomic mass is 10.00.